The standard InChI is InChI=1S/C45H28N6O/c1-2-8-42-37(7-1)38-28-48-41(27-43(38)52-42)31-13-21-36(22-14-31)51(34-17-9-29(10-18-34)39-23-15-32-5-3-25-46-44(32)49-39)35-19-11-30(12-20-35)40-24-16-33-6-4-26-47-45(33)50-40/h1-28H. The summed E-state index contributed by atoms with van der Waals surface area (Å²) in [7, 11) is 0. The van der Waals surface area contributed by atoms with Crippen molar-refractivity contribution in [2.75, 3.05) is 4.90 Å². The van der Waals surface area contributed by atoms with Crippen molar-refractivity contribution in [3.8, 4) is 33.8 Å². The molecule has 0 fully saturated rings. The van der Waals surface area contributed by atoms with Gasteiger partial charge in [-0.25, -0.2) is 19.9 Å². The van der Waals surface area contributed by atoms with E-state index in [2.05, 4.69) is 106 Å². The molecule has 7 heteroatoms. The third-order valence-corrected chi connectivity index (χ3v) is 9.45. The van der Waals surface area contributed by atoms with Gasteiger partial charge in [-0.05, 0) is 91.0 Å². The Morgan fingerprint density at radius 2 is 0.923 bits per heavy atom. The van der Waals surface area contributed by atoms with Crippen molar-refractivity contribution in [3.63, 3.8) is 0 Å². The summed E-state index contributed by atoms with van der Waals surface area (Å²) >= 11 is 0. The Labute approximate surface area is 298 Å². The summed E-state index contributed by atoms with van der Waals surface area (Å²) in [6.07, 6.45) is 5.45. The van der Waals surface area contributed by atoms with Gasteiger partial charge in [0.2, 0.25) is 0 Å². The highest BCUT2D eigenvalue weighted by Crippen LogP contribution is 2.38. The number of pyridine rings is 5. The number of fused-ring (bicyclic) bond motifs is 5. The number of anilines is 3. The molecule has 10 aromatic rings. The maximum Gasteiger partial charge on any atom is 0.159 e. The van der Waals surface area contributed by atoms with Gasteiger partial charge in [-0.3, -0.25) is 4.98 Å². The van der Waals surface area contributed by atoms with Crippen LogP contribution in [0.3, 0.4) is 0 Å². The molecule has 0 atom stereocenters. The molecule has 244 valence electrons. The van der Waals surface area contributed by atoms with Crippen LogP contribution in [0.15, 0.2) is 175 Å². The van der Waals surface area contributed by atoms with Crippen LogP contribution < -0.4 is 4.90 Å². The second kappa shape index (κ2) is 12.3. The fourth-order valence-electron chi connectivity index (χ4n) is 6.80. The normalized spacial score (nSPS) is 11.5. The summed E-state index contributed by atoms with van der Waals surface area (Å²) in [6.45, 7) is 0. The van der Waals surface area contributed by atoms with E-state index in [0.29, 0.717) is 0 Å². The van der Waals surface area contributed by atoms with E-state index in [-0.39, 0.29) is 0 Å². The van der Waals surface area contributed by atoms with Crippen LogP contribution in [0.1, 0.15) is 0 Å². The van der Waals surface area contributed by atoms with E-state index in [0.717, 1.165) is 94.8 Å². The molecule has 0 unspecified atom stereocenters. The zero-order chi connectivity index (χ0) is 34.4. The molecule has 0 spiro atoms. The van der Waals surface area contributed by atoms with Crippen LogP contribution in [0.25, 0.3) is 77.8 Å². The van der Waals surface area contributed by atoms with Crippen molar-refractivity contribution in [2.45, 2.75) is 0 Å². The minimum absolute atomic E-state index is 0.733. The average Bonchev–Trinajstić information content (AvgIpc) is 3.59. The van der Waals surface area contributed by atoms with Crippen LogP contribution in [0.5, 0.6) is 0 Å². The molecular weight excluding hydrogens is 641 g/mol. The predicted molar refractivity (Wildman–Crippen MR) is 209 cm³/mol. The Hall–Kier alpha value is -7.25. The lowest BCUT2D eigenvalue weighted by Gasteiger charge is -2.26. The Kier molecular flexibility index (Phi) is 6.99. The van der Waals surface area contributed by atoms with E-state index in [1.54, 1.807) is 12.4 Å². The molecule has 0 saturated carbocycles. The van der Waals surface area contributed by atoms with Crippen LogP contribution in [-0.2, 0) is 0 Å². The van der Waals surface area contributed by atoms with Gasteiger partial charge in [-0.15, -0.1) is 0 Å². The van der Waals surface area contributed by atoms with Crippen molar-refractivity contribution in [3.05, 3.63) is 170 Å². The van der Waals surface area contributed by atoms with Crippen LogP contribution in [0, 0.1) is 0 Å². The summed E-state index contributed by atoms with van der Waals surface area (Å²) < 4.78 is 6.15. The molecule has 0 saturated heterocycles. The van der Waals surface area contributed by atoms with Crippen LogP contribution >= 0.6 is 0 Å². The van der Waals surface area contributed by atoms with Gasteiger partial charge in [0.25, 0.3) is 0 Å². The van der Waals surface area contributed by atoms with Gasteiger partial charge in [0.05, 0.1) is 17.1 Å². The smallest absolute Gasteiger partial charge is 0.159 e. The summed E-state index contributed by atoms with van der Waals surface area (Å²) in [4.78, 5) is 25.6. The van der Waals surface area contributed by atoms with Crippen LogP contribution in [0.4, 0.5) is 17.1 Å². The molecule has 0 amide bonds. The number of aromatic nitrogens is 5. The van der Waals surface area contributed by atoms with Gasteiger partial charge < -0.3 is 9.32 Å². The first-order valence-electron chi connectivity index (χ1n) is 17.1. The molecule has 7 nitrogen and oxygen atoms in total. The number of hydrogen-bond donors (Lipinski definition) is 0. The van der Waals surface area contributed by atoms with Crippen molar-refractivity contribution < 1.29 is 4.42 Å². The maximum atomic E-state index is 6.15. The zero-order valence-corrected chi connectivity index (χ0v) is 27.8. The lowest BCUT2D eigenvalue weighted by molar-refractivity contribution is 0.668. The molecule has 52 heavy (non-hydrogen) atoms. The first kappa shape index (κ1) is 29.6. The van der Waals surface area contributed by atoms with E-state index < -0.39 is 0 Å². The highest BCUT2D eigenvalue weighted by atomic mass is 16.3. The monoisotopic (exact) mass is 668 g/mol. The van der Waals surface area contributed by atoms with E-state index >= 15 is 0 Å². The molecule has 6 aromatic heterocycles. The minimum Gasteiger partial charge on any atom is -0.456 e. The molecular formula is C45H28N6O. The topological polar surface area (TPSA) is 80.8 Å². The summed E-state index contributed by atoms with van der Waals surface area (Å²) in [5.41, 5.74) is 11.8. The number of hydrogen-bond acceptors (Lipinski definition) is 7. The lowest BCUT2D eigenvalue weighted by Crippen LogP contribution is -2.10. The number of para-hydroxylation sites is 1. The van der Waals surface area contributed by atoms with Crippen molar-refractivity contribution in [1.29, 1.82) is 0 Å². The van der Waals surface area contributed by atoms with Crippen molar-refractivity contribution in [1.82, 2.24) is 24.9 Å². The molecule has 0 aliphatic rings. The predicted octanol–water partition coefficient (Wildman–Crippen LogP) is 11.3. The lowest BCUT2D eigenvalue weighted by atomic mass is 10.1. The molecule has 6 heterocycles. The van der Waals surface area contributed by atoms with E-state index in [4.69, 9.17) is 19.4 Å². The largest absolute Gasteiger partial charge is 0.456 e. The van der Waals surface area contributed by atoms with Crippen LogP contribution in [0.2, 0.25) is 0 Å². The highest BCUT2D eigenvalue weighted by Gasteiger charge is 2.16. The first-order valence-corrected chi connectivity index (χ1v) is 17.1. The second-order valence-corrected chi connectivity index (χ2v) is 12.6. The van der Waals surface area contributed by atoms with Gasteiger partial charge >= 0.3 is 0 Å². The van der Waals surface area contributed by atoms with E-state index in [9.17, 15) is 0 Å². The first-order chi connectivity index (χ1) is 25.7. The van der Waals surface area contributed by atoms with Crippen molar-refractivity contribution in [2.24, 2.45) is 0 Å². The minimum atomic E-state index is 0.733. The van der Waals surface area contributed by atoms with Crippen molar-refractivity contribution >= 4 is 61.1 Å². The fourth-order valence-corrected chi connectivity index (χ4v) is 6.80. The van der Waals surface area contributed by atoms with E-state index in [1.165, 1.54) is 0 Å². The molecule has 4 aromatic carbocycles. The van der Waals surface area contributed by atoms with Gasteiger partial charge in [-0.2, -0.15) is 0 Å². The highest BCUT2D eigenvalue weighted by molar-refractivity contribution is 6.05. The Bertz CT molecular complexity index is 2780. The zero-order valence-electron chi connectivity index (χ0n) is 27.8. The number of benzene rings is 4. The molecule has 10 rings (SSSR count). The maximum absolute atomic E-state index is 6.15. The van der Waals surface area contributed by atoms with Crippen LogP contribution in [-0.4, -0.2) is 24.9 Å². The Morgan fingerprint density at radius 3 is 1.48 bits per heavy atom. The molecule has 0 radical (unpaired) electrons. The molecule has 0 aliphatic heterocycles. The summed E-state index contributed by atoms with van der Waals surface area (Å²) in [6, 6.07) is 51.7. The summed E-state index contributed by atoms with van der Waals surface area (Å²) in [5, 5.41) is 4.12. The Balaban J connectivity index is 1.02. The summed E-state index contributed by atoms with van der Waals surface area (Å²) in [5.74, 6) is 0. The molecule has 0 aliphatic carbocycles. The Morgan fingerprint density at radius 1 is 0.404 bits per heavy atom. The molecule has 0 N–H and O–H groups in total. The van der Waals surface area contributed by atoms with E-state index in [1.807, 2.05) is 66.9 Å². The van der Waals surface area contributed by atoms with Gasteiger partial charge in [0.15, 0.2) is 11.3 Å². The second-order valence-electron chi connectivity index (χ2n) is 12.6. The SMILES string of the molecule is c1cnc2nc(-c3ccc(N(c4ccc(-c5cc6oc7ccccc7c6cn5)cc4)c4ccc(-c5ccc6cccnc6n5)cc4)cc3)ccc2c1. The number of furan rings is 1. The quantitative estimate of drug-likeness (QED) is 0.174. The fraction of sp³-hybridized carbons (Fsp3) is 0. The average molecular weight is 669 g/mol. The van der Waals surface area contributed by atoms with Gasteiger partial charge in [-0.1, -0.05) is 54.6 Å². The third-order valence-electron chi connectivity index (χ3n) is 9.45. The molecule has 0 bridgehead atoms. The number of rotatable bonds is 6. The van der Waals surface area contributed by atoms with Gasteiger partial charge in [0, 0.05) is 80.0 Å². The number of nitrogens with zero attached hydrogens (tertiary/aromatic N) is 6. The van der Waals surface area contributed by atoms with Gasteiger partial charge in [0.1, 0.15) is 11.2 Å². The third kappa shape index (κ3) is 5.28.